The predicted octanol–water partition coefficient (Wildman–Crippen LogP) is 4.10. The molecule has 0 aromatic rings. The van der Waals surface area contributed by atoms with Crippen LogP contribution in [0, 0.1) is 23.2 Å². The third-order valence-corrected chi connectivity index (χ3v) is 7.22. The van der Waals surface area contributed by atoms with E-state index in [4.69, 9.17) is 9.47 Å². The van der Waals surface area contributed by atoms with Gasteiger partial charge in [-0.15, -0.1) is 0 Å². The van der Waals surface area contributed by atoms with Crippen LogP contribution in [0.2, 0.25) is 0 Å². The maximum atomic E-state index is 12.7. The molecule has 1 saturated heterocycles. The summed E-state index contributed by atoms with van der Waals surface area (Å²) in [6, 6.07) is 0. The van der Waals surface area contributed by atoms with Gasteiger partial charge < -0.3 is 9.47 Å². The van der Waals surface area contributed by atoms with Crippen LogP contribution in [-0.4, -0.2) is 24.8 Å². The smallest absolute Gasteiger partial charge is 0.165 e. The summed E-state index contributed by atoms with van der Waals surface area (Å²) >= 11 is 0. The zero-order chi connectivity index (χ0) is 15.2. The number of hydrogen-bond acceptors (Lipinski definition) is 3. The van der Waals surface area contributed by atoms with E-state index in [-0.39, 0.29) is 0 Å². The first-order chi connectivity index (χ1) is 10.6. The van der Waals surface area contributed by atoms with Gasteiger partial charge in [0.1, 0.15) is 5.78 Å². The molecule has 1 aliphatic heterocycles. The van der Waals surface area contributed by atoms with Crippen molar-refractivity contribution in [2.45, 2.75) is 76.9 Å². The average molecular weight is 306 g/mol. The average Bonchev–Trinajstić information content (AvgIpc) is 3.07. The van der Waals surface area contributed by atoms with Gasteiger partial charge in [0, 0.05) is 18.8 Å². The van der Waals surface area contributed by atoms with Crippen LogP contribution in [0.15, 0.2) is 0 Å². The molecule has 1 spiro atoms. The van der Waals surface area contributed by atoms with E-state index in [1.807, 2.05) is 0 Å². The Kier molecular flexibility index (Phi) is 3.85. The highest BCUT2D eigenvalue weighted by molar-refractivity contribution is 5.83. The van der Waals surface area contributed by atoms with Gasteiger partial charge in [-0.1, -0.05) is 12.8 Å². The maximum Gasteiger partial charge on any atom is 0.165 e. The van der Waals surface area contributed by atoms with E-state index in [9.17, 15) is 4.79 Å². The molecule has 4 rings (SSSR count). The van der Waals surface area contributed by atoms with Crippen LogP contribution >= 0.6 is 0 Å². The molecule has 3 saturated carbocycles. The number of hydrogen-bond donors (Lipinski definition) is 0. The minimum Gasteiger partial charge on any atom is -0.348 e. The molecule has 4 aliphatic rings. The summed E-state index contributed by atoms with van der Waals surface area (Å²) in [5.74, 6) is 1.95. The summed E-state index contributed by atoms with van der Waals surface area (Å²) in [5, 5.41) is 0. The second-order valence-electron chi connectivity index (χ2n) is 8.34. The van der Waals surface area contributed by atoms with E-state index >= 15 is 0 Å². The van der Waals surface area contributed by atoms with Crippen molar-refractivity contribution in [1.29, 1.82) is 0 Å². The van der Waals surface area contributed by atoms with Gasteiger partial charge in [-0.25, -0.2) is 0 Å². The normalized spacial score (nSPS) is 43.9. The van der Waals surface area contributed by atoms with Gasteiger partial charge in [-0.05, 0) is 62.7 Å². The molecule has 1 heterocycles. The minimum atomic E-state index is -0.390. The highest BCUT2D eigenvalue weighted by atomic mass is 16.7. The monoisotopic (exact) mass is 306 g/mol. The van der Waals surface area contributed by atoms with Gasteiger partial charge in [-0.3, -0.25) is 4.79 Å². The molecule has 4 atom stereocenters. The molecule has 0 aromatic heterocycles. The van der Waals surface area contributed by atoms with Crippen molar-refractivity contribution in [3.05, 3.63) is 0 Å². The van der Waals surface area contributed by atoms with Gasteiger partial charge in [-0.2, -0.15) is 0 Å². The number of ketones is 1. The van der Waals surface area contributed by atoms with Crippen molar-refractivity contribution in [3.63, 3.8) is 0 Å². The molecule has 124 valence electrons. The third kappa shape index (κ3) is 2.36. The van der Waals surface area contributed by atoms with Crippen molar-refractivity contribution in [3.8, 4) is 0 Å². The highest BCUT2D eigenvalue weighted by Crippen LogP contribution is 2.63. The fraction of sp³-hybridized carbons (Fsp3) is 0.947. The highest BCUT2D eigenvalue weighted by Gasteiger charge is 2.58. The first kappa shape index (κ1) is 15.1. The molecule has 0 radical (unpaired) electrons. The van der Waals surface area contributed by atoms with Crippen LogP contribution in [0.1, 0.15) is 71.1 Å². The molecule has 0 aromatic carbocycles. The van der Waals surface area contributed by atoms with E-state index in [1.54, 1.807) is 0 Å². The van der Waals surface area contributed by atoms with Crippen molar-refractivity contribution >= 4 is 5.78 Å². The van der Waals surface area contributed by atoms with Crippen LogP contribution in [0.4, 0.5) is 0 Å². The largest absolute Gasteiger partial charge is 0.348 e. The Morgan fingerprint density at radius 3 is 2.73 bits per heavy atom. The zero-order valence-electron chi connectivity index (χ0n) is 13.9. The molecule has 0 amide bonds. The Bertz CT molecular complexity index is 436. The Hall–Kier alpha value is -0.410. The number of carbonyl (C=O) groups excluding carboxylic acids is 1. The molecular weight excluding hydrogens is 276 g/mol. The quantitative estimate of drug-likeness (QED) is 0.787. The SMILES string of the molecule is CC1(CCC2CC3CCCCC34CCCC(=O)C24)OCCO1. The van der Waals surface area contributed by atoms with E-state index in [1.165, 1.54) is 38.5 Å². The topological polar surface area (TPSA) is 35.5 Å². The summed E-state index contributed by atoms with van der Waals surface area (Å²) in [7, 11) is 0. The number of carbonyl (C=O) groups is 1. The van der Waals surface area contributed by atoms with Crippen LogP contribution in [0.25, 0.3) is 0 Å². The van der Waals surface area contributed by atoms with E-state index < -0.39 is 5.79 Å². The Balaban J connectivity index is 1.51. The molecule has 3 heteroatoms. The van der Waals surface area contributed by atoms with Crippen LogP contribution in [0.3, 0.4) is 0 Å². The number of Topliss-reactive ketones (excluding diaryl/α,β-unsaturated/α-hetero) is 1. The van der Waals surface area contributed by atoms with Gasteiger partial charge >= 0.3 is 0 Å². The fourth-order valence-corrected chi connectivity index (χ4v) is 6.32. The van der Waals surface area contributed by atoms with E-state index in [2.05, 4.69) is 6.92 Å². The van der Waals surface area contributed by atoms with Crippen molar-refractivity contribution < 1.29 is 14.3 Å². The third-order valence-electron chi connectivity index (χ3n) is 7.22. The minimum absolute atomic E-state index is 0.358. The lowest BCUT2D eigenvalue weighted by Crippen LogP contribution is -2.43. The van der Waals surface area contributed by atoms with Crippen LogP contribution in [0.5, 0.6) is 0 Å². The first-order valence-electron chi connectivity index (χ1n) is 9.44. The Labute approximate surface area is 134 Å². The second-order valence-corrected chi connectivity index (χ2v) is 8.34. The molecule has 3 nitrogen and oxygen atoms in total. The van der Waals surface area contributed by atoms with Crippen LogP contribution < -0.4 is 0 Å². The molecular formula is C19H30O3. The molecule has 4 unspecified atom stereocenters. The molecule has 0 N–H and O–H groups in total. The van der Waals surface area contributed by atoms with E-state index in [0.717, 1.165) is 44.8 Å². The lowest BCUT2D eigenvalue weighted by Gasteiger charge is -2.46. The van der Waals surface area contributed by atoms with Crippen LogP contribution in [-0.2, 0) is 14.3 Å². The number of ether oxygens (including phenoxy) is 2. The molecule has 0 bridgehead atoms. The Morgan fingerprint density at radius 1 is 1.14 bits per heavy atom. The first-order valence-corrected chi connectivity index (χ1v) is 9.44. The van der Waals surface area contributed by atoms with Gasteiger partial charge in [0.05, 0.1) is 13.2 Å². The summed E-state index contributed by atoms with van der Waals surface area (Å²) in [5.41, 5.74) is 0.385. The van der Waals surface area contributed by atoms with E-state index in [0.29, 0.717) is 23.0 Å². The lowest BCUT2D eigenvalue weighted by atomic mass is 9.57. The summed E-state index contributed by atoms with van der Waals surface area (Å²) in [4.78, 5) is 12.7. The standard InChI is InChI=1S/C19H30O3/c1-18(21-11-12-22-18)10-7-14-13-15-5-2-3-8-19(15)9-4-6-16(20)17(14)19/h14-15,17H,2-13H2,1H3. The van der Waals surface area contributed by atoms with Gasteiger partial charge in [0.2, 0.25) is 0 Å². The summed E-state index contributed by atoms with van der Waals surface area (Å²) in [6.45, 7) is 3.51. The summed E-state index contributed by atoms with van der Waals surface area (Å²) in [6.07, 6.45) is 12.0. The molecule has 22 heavy (non-hydrogen) atoms. The Morgan fingerprint density at radius 2 is 1.91 bits per heavy atom. The predicted molar refractivity (Wildman–Crippen MR) is 84.4 cm³/mol. The van der Waals surface area contributed by atoms with Gasteiger partial charge in [0.15, 0.2) is 5.79 Å². The maximum absolute atomic E-state index is 12.7. The van der Waals surface area contributed by atoms with Crippen molar-refractivity contribution in [1.82, 2.24) is 0 Å². The lowest BCUT2D eigenvalue weighted by molar-refractivity contribution is -0.151. The number of rotatable bonds is 3. The van der Waals surface area contributed by atoms with Crippen molar-refractivity contribution in [2.75, 3.05) is 13.2 Å². The molecule has 3 aliphatic carbocycles. The summed E-state index contributed by atoms with van der Waals surface area (Å²) < 4.78 is 11.5. The van der Waals surface area contributed by atoms with Gasteiger partial charge in [0.25, 0.3) is 0 Å². The van der Waals surface area contributed by atoms with Crippen molar-refractivity contribution in [2.24, 2.45) is 23.2 Å². The molecule has 4 fully saturated rings. The zero-order valence-corrected chi connectivity index (χ0v) is 13.9. The fourth-order valence-electron chi connectivity index (χ4n) is 6.32. The second kappa shape index (κ2) is 5.59.